The smallest absolute Gasteiger partial charge is 0.269 e. The predicted octanol–water partition coefficient (Wildman–Crippen LogP) is 1.92. The van der Waals surface area contributed by atoms with Crippen LogP contribution >= 0.6 is 11.8 Å². The number of benzene rings is 1. The molecule has 0 bridgehead atoms. The molecule has 0 aliphatic carbocycles. The standard InChI is InChI=1S/C14H17N3O3S/c18-13-9-15-14(16(13)11-4-6-21-7-5-11)10-2-1-3-12(8-10)17(19)20/h1-3,8,11,14-15H,4-7,9H2. The van der Waals surface area contributed by atoms with Gasteiger partial charge in [-0.2, -0.15) is 11.8 Å². The van der Waals surface area contributed by atoms with Crippen molar-refractivity contribution in [2.24, 2.45) is 0 Å². The molecule has 1 aromatic carbocycles. The molecule has 2 saturated heterocycles. The quantitative estimate of drug-likeness (QED) is 0.682. The third-order valence-electron chi connectivity index (χ3n) is 3.99. The summed E-state index contributed by atoms with van der Waals surface area (Å²) in [5.74, 6) is 2.22. The number of carbonyl (C=O) groups is 1. The fourth-order valence-electron chi connectivity index (χ4n) is 2.98. The van der Waals surface area contributed by atoms with Gasteiger partial charge in [0, 0.05) is 18.2 Å². The number of thioether (sulfide) groups is 1. The summed E-state index contributed by atoms with van der Waals surface area (Å²) in [5.41, 5.74) is 0.848. The number of non-ortho nitro benzene ring substituents is 1. The zero-order valence-corrected chi connectivity index (χ0v) is 12.3. The van der Waals surface area contributed by atoms with Crippen LogP contribution in [0.25, 0.3) is 0 Å². The Morgan fingerprint density at radius 2 is 2.10 bits per heavy atom. The molecule has 112 valence electrons. The molecule has 1 N–H and O–H groups in total. The maximum Gasteiger partial charge on any atom is 0.269 e. The van der Waals surface area contributed by atoms with Crippen LogP contribution in [-0.4, -0.2) is 39.8 Å². The number of hydrogen-bond acceptors (Lipinski definition) is 5. The molecule has 1 aromatic rings. The third kappa shape index (κ3) is 2.89. The third-order valence-corrected chi connectivity index (χ3v) is 5.04. The average Bonchev–Trinajstić information content (AvgIpc) is 2.90. The van der Waals surface area contributed by atoms with Gasteiger partial charge in [0.15, 0.2) is 0 Å². The van der Waals surface area contributed by atoms with Crippen molar-refractivity contribution in [1.82, 2.24) is 10.2 Å². The zero-order chi connectivity index (χ0) is 14.8. The van der Waals surface area contributed by atoms with Crippen molar-refractivity contribution in [2.45, 2.75) is 25.0 Å². The second-order valence-electron chi connectivity index (χ2n) is 5.28. The Bertz CT molecular complexity index is 560. The molecule has 7 heteroatoms. The summed E-state index contributed by atoms with van der Waals surface area (Å²) < 4.78 is 0. The largest absolute Gasteiger partial charge is 0.319 e. The Labute approximate surface area is 127 Å². The van der Waals surface area contributed by atoms with Crippen LogP contribution in [0.2, 0.25) is 0 Å². The first-order valence-corrected chi connectivity index (χ1v) is 8.19. The fourth-order valence-corrected chi connectivity index (χ4v) is 4.06. The predicted molar refractivity (Wildman–Crippen MR) is 81.0 cm³/mol. The molecule has 1 amide bonds. The fraction of sp³-hybridized carbons (Fsp3) is 0.500. The van der Waals surface area contributed by atoms with E-state index in [1.54, 1.807) is 12.1 Å². The minimum atomic E-state index is -0.401. The molecule has 0 aromatic heterocycles. The van der Waals surface area contributed by atoms with E-state index in [2.05, 4.69) is 5.32 Å². The van der Waals surface area contributed by atoms with E-state index in [0.29, 0.717) is 6.54 Å². The molecule has 2 heterocycles. The molecule has 3 rings (SSSR count). The van der Waals surface area contributed by atoms with Gasteiger partial charge >= 0.3 is 0 Å². The van der Waals surface area contributed by atoms with E-state index in [0.717, 1.165) is 29.9 Å². The SMILES string of the molecule is O=C1CNC(c2cccc([N+](=O)[O-])c2)N1C1CCSCC1. The minimum Gasteiger partial charge on any atom is -0.319 e. The van der Waals surface area contributed by atoms with Gasteiger partial charge in [-0.25, -0.2) is 0 Å². The van der Waals surface area contributed by atoms with Crippen molar-refractivity contribution in [1.29, 1.82) is 0 Å². The van der Waals surface area contributed by atoms with E-state index in [4.69, 9.17) is 0 Å². The lowest BCUT2D eigenvalue weighted by Gasteiger charge is -2.35. The van der Waals surface area contributed by atoms with Crippen LogP contribution in [-0.2, 0) is 4.79 Å². The summed E-state index contributed by atoms with van der Waals surface area (Å²) in [7, 11) is 0. The van der Waals surface area contributed by atoms with Crippen LogP contribution < -0.4 is 5.32 Å². The molecule has 0 spiro atoms. The molecule has 1 unspecified atom stereocenters. The van der Waals surface area contributed by atoms with E-state index in [1.807, 2.05) is 22.7 Å². The second kappa shape index (κ2) is 6.03. The maximum atomic E-state index is 12.2. The summed E-state index contributed by atoms with van der Waals surface area (Å²) in [6, 6.07) is 6.78. The molecule has 1 atom stereocenters. The topological polar surface area (TPSA) is 75.5 Å². The number of nitro benzene ring substituents is 1. The number of nitrogens with one attached hydrogen (secondary N) is 1. The number of amides is 1. The molecule has 2 aliphatic heterocycles. The Morgan fingerprint density at radius 3 is 2.81 bits per heavy atom. The molecule has 2 aliphatic rings. The van der Waals surface area contributed by atoms with Crippen molar-refractivity contribution in [3.63, 3.8) is 0 Å². The van der Waals surface area contributed by atoms with Crippen molar-refractivity contribution in [2.75, 3.05) is 18.1 Å². The van der Waals surface area contributed by atoms with Gasteiger partial charge in [0.1, 0.15) is 6.17 Å². The Morgan fingerprint density at radius 1 is 1.33 bits per heavy atom. The maximum absolute atomic E-state index is 12.2. The highest BCUT2D eigenvalue weighted by molar-refractivity contribution is 7.99. The number of nitrogens with zero attached hydrogens (tertiary/aromatic N) is 2. The summed E-state index contributed by atoms with van der Waals surface area (Å²) in [6.07, 6.45) is 1.73. The average molecular weight is 307 g/mol. The Kier molecular flexibility index (Phi) is 4.12. The van der Waals surface area contributed by atoms with Gasteiger partial charge in [-0.1, -0.05) is 12.1 Å². The molecular weight excluding hydrogens is 290 g/mol. The minimum absolute atomic E-state index is 0.0628. The van der Waals surface area contributed by atoms with Gasteiger partial charge in [-0.3, -0.25) is 20.2 Å². The monoisotopic (exact) mass is 307 g/mol. The van der Waals surface area contributed by atoms with E-state index >= 15 is 0 Å². The van der Waals surface area contributed by atoms with Crippen LogP contribution in [0.15, 0.2) is 24.3 Å². The van der Waals surface area contributed by atoms with Crippen LogP contribution in [0.3, 0.4) is 0 Å². The van der Waals surface area contributed by atoms with Crippen LogP contribution in [0.5, 0.6) is 0 Å². The van der Waals surface area contributed by atoms with Crippen molar-refractivity contribution < 1.29 is 9.72 Å². The first kappa shape index (κ1) is 14.3. The number of nitro groups is 1. The molecule has 21 heavy (non-hydrogen) atoms. The highest BCUT2D eigenvalue weighted by Gasteiger charge is 2.37. The van der Waals surface area contributed by atoms with Crippen LogP contribution in [0.1, 0.15) is 24.6 Å². The summed E-state index contributed by atoms with van der Waals surface area (Å²) in [6.45, 7) is 0.303. The lowest BCUT2D eigenvalue weighted by atomic mass is 10.1. The summed E-state index contributed by atoms with van der Waals surface area (Å²) >= 11 is 1.91. The summed E-state index contributed by atoms with van der Waals surface area (Å²) in [4.78, 5) is 24.6. The first-order chi connectivity index (χ1) is 10.2. The van der Waals surface area contributed by atoms with Crippen LogP contribution in [0, 0.1) is 10.1 Å². The highest BCUT2D eigenvalue weighted by Crippen LogP contribution is 2.32. The lowest BCUT2D eigenvalue weighted by Crippen LogP contribution is -2.41. The number of rotatable bonds is 3. The van der Waals surface area contributed by atoms with Crippen molar-refractivity contribution in [3.05, 3.63) is 39.9 Å². The molecule has 6 nitrogen and oxygen atoms in total. The van der Waals surface area contributed by atoms with Crippen LogP contribution in [0.4, 0.5) is 5.69 Å². The molecule has 0 saturated carbocycles. The molecule has 0 radical (unpaired) electrons. The van der Waals surface area contributed by atoms with Crippen molar-refractivity contribution in [3.8, 4) is 0 Å². The molecular formula is C14H17N3O3S. The van der Waals surface area contributed by atoms with Gasteiger partial charge in [0.2, 0.25) is 5.91 Å². The Balaban J connectivity index is 1.87. The van der Waals surface area contributed by atoms with Gasteiger partial charge in [0.25, 0.3) is 5.69 Å². The van der Waals surface area contributed by atoms with E-state index in [1.165, 1.54) is 6.07 Å². The van der Waals surface area contributed by atoms with E-state index in [9.17, 15) is 14.9 Å². The summed E-state index contributed by atoms with van der Waals surface area (Å²) in [5, 5.41) is 14.1. The zero-order valence-electron chi connectivity index (χ0n) is 11.5. The number of carbonyl (C=O) groups excluding carboxylic acids is 1. The normalized spacial score (nSPS) is 23.5. The Hall–Kier alpha value is -1.60. The van der Waals surface area contributed by atoms with Gasteiger partial charge < -0.3 is 4.90 Å². The highest BCUT2D eigenvalue weighted by atomic mass is 32.2. The number of hydrogen-bond donors (Lipinski definition) is 1. The van der Waals surface area contributed by atoms with E-state index in [-0.39, 0.29) is 23.8 Å². The van der Waals surface area contributed by atoms with Gasteiger partial charge in [0.05, 0.1) is 11.5 Å². The molecule has 2 fully saturated rings. The van der Waals surface area contributed by atoms with E-state index < -0.39 is 4.92 Å². The first-order valence-electron chi connectivity index (χ1n) is 7.03. The van der Waals surface area contributed by atoms with Gasteiger partial charge in [-0.05, 0) is 29.9 Å². The second-order valence-corrected chi connectivity index (χ2v) is 6.50. The lowest BCUT2D eigenvalue weighted by molar-refractivity contribution is -0.385. The van der Waals surface area contributed by atoms with Crippen molar-refractivity contribution >= 4 is 23.4 Å². The van der Waals surface area contributed by atoms with Gasteiger partial charge in [-0.15, -0.1) is 0 Å².